The van der Waals surface area contributed by atoms with Gasteiger partial charge >= 0.3 is 0 Å². The van der Waals surface area contributed by atoms with Crippen LogP contribution in [0.4, 0.5) is 0 Å². The third-order valence-corrected chi connectivity index (χ3v) is 2.43. The van der Waals surface area contributed by atoms with Crippen LogP contribution in [0, 0.1) is 0 Å². The first-order valence-electron chi connectivity index (χ1n) is 5.15. The minimum Gasteiger partial charge on any atom is -0.399 e. The zero-order valence-electron chi connectivity index (χ0n) is 9.68. The van der Waals surface area contributed by atoms with Gasteiger partial charge in [-0.3, -0.25) is 14.6 Å². The van der Waals surface area contributed by atoms with E-state index in [4.69, 9.17) is 0 Å². The number of oxime groups is 1. The molecule has 1 N–H and O–H groups in total. The van der Waals surface area contributed by atoms with Crippen molar-refractivity contribution in [3.05, 3.63) is 46.2 Å². The number of benzene rings is 1. The Labute approximate surface area is 98.3 Å². The molecular weight excluding hydrogens is 218 g/mol. The third-order valence-electron chi connectivity index (χ3n) is 2.43. The Morgan fingerprint density at radius 3 is 2.71 bits per heavy atom. The lowest BCUT2D eigenvalue weighted by molar-refractivity contribution is 0.215. The molecule has 0 aliphatic carbocycles. The Morgan fingerprint density at radius 2 is 2.06 bits per heavy atom. The van der Waals surface area contributed by atoms with Crippen LogP contribution in [0.1, 0.15) is 5.56 Å². The van der Waals surface area contributed by atoms with Gasteiger partial charge in [0.2, 0.25) is 0 Å². The molecule has 0 fully saturated rings. The summed E-state index contributed by atoms with van der Waals surface area (Å²) in [6, 6.07) is 9.61. The molecule has 5 heteroatoms. The van der Waals surface area contributed by atoms with Crippen LogP contribution in [0.25, 0.3) is 11.3 Å². The first-order chi connectivity index (χ1) is 8.24. The minimum atomic E-state index is -0.135. The van der Waals surface area contributed by atoms with Crippen LogP contribution in [0.3, 0.4) is 0 Å². The highest BCUT2D eigenvalue weighted by Crippen LogP contribution is 2.17. The number of nitrogens with zero attached hydrogens (tertiary/aromatic N) is 2. The van der Waals surface area contributed by atoms with E-state index in [1.54, 1.807) is 7.05 Å². The number of nitrogens with one attached hydrogen (secondary N) is 1. The highest BCUT2D eigenvalue weighted by atomic mass is 16.6. The van der Waals surface area contributed by atoms with Gasteiger partial charge in [0.25, 0.3) is 5.56 Å². The van der Waals surface area contributed by atoms with Crippen LogP contribution >= 0.6 is 0 Å². The molecule has 0 saturated carbocycles. The van der Waals surface area contributed by atoms with Crippen molar-refractivity contribution in [3.8, 4) is 11.3 Å². The molecule has 0 bridgehead atoms. The molecule has 0 radical (unpaired) electrons. The summed E-state index contributed by atoms with van der Waals surface area (Å²) in [5.41, 5.74) is 2.02. The lowest BCUT2D eigenvalue weighted by atomic mass is 10.1. The Balaban J connectivity index is 2.58. The highest BCUT2D eigenvalue weighted by Gasteiger charge is 2.11. The van der Waals surface area contributed by atoms with Crippen LogP contribution in [0.15, 0.2) is 40.3 Å². The second-order valence-corrected chi connectivity index (χ2v) is 3.55. The zero-order chi connectivity index (χ0) is 12.3. The van der Waals surface area contributed by atoms with Gasteiger partial charge in [0.05, 0.1) is 17.5 Å². The quantitative estimate of drug-likeness (QED) is 0.640. The second kappa shape index (κ2) is 4.69. The molecule has 0 atom stereocenters. The summed E-state index contributed by atoms with van der Waals surface area (Å²) in [5.74, 6) is 0. The zero-order valence-corrected chi connectivity index (χ0v) is 9.68. The van der Waals surface area contributed by atoms with Crippen molar-refractivity contribution in [2.24, 2.45) is 12.2 Å². The fourth-order valence-electron chi connectivity index (χ4n) is 1.62. The summed E-state index contributed by atoms with van der Waals surface area (Å²) in [5, 5.41) is 6.64. The van der Waals surface area contributed by atoms with E-state index in [0.29, 0.717) is 5.56 Å². The Hall–Kier alpha value is -2.30. The van der Waals surface area contributed by atoms with E-state index in [0.717, 1.165) is 11.3 Å². The predicted molar refractivity (Wildman–Crippen MR) is 66.1 cm³/mol. The fourth-order valence-corrected chi connectivity index (χ4v) is 1.62. The number of hydrogen-bond acceptors (Lipinski definition) is 3. The molecule has 0 unspecified atom stereocenters. The predicted octanol–water partition coefficient (Wildman–Crippen LogP) is 1.36. The SMILES string of the molecule is CO/N=C\c1c(-c2ccccc2)[nH]n(C)c1=O. The molecule has 5 nitrogen and oxygen atoms in total. The van der Waals surface area contributed by atoms with Crippen molar-refractivity contribution >= 4 is 6.21 Å². The van der Waals surface area contributed by atoms with E-state index in [1.807, 2.05) is 30.3 Å². The topological polar surface area (TPSA) is 59.4 Å². The number of aromatic amines is 1. The number of hydrogen-bond donors (Lipinski definition) is 1. The van der Waals surface area contributed by atoms with Gasteiger partial charge in [-0.2, -0.15) is 0 Å². The first kappa shape index (κ1) is 11.2. The smallest absolute Gasteiger partial charge is 0.275 e. The molecule has 0 saturated heterocycles. The normalized spacial score (nSPS) is 10.9. The molecule has 1 aromatic heterocycles. The van der Waals surface area contributed by atoms with E-state index in [-0.39, 0.29) is 5.56 Å². The molecule has 0 spiro atoms. The summed E-state index contributed by atoms with van der Waals surface area (Å²) >= 11 is 0. The molecule has 88 valence electrons. The van der Waals surface area contributed by atoms with E-state index in [1.165, 1.54) is 18.0 Å². The van der Waals surface area contributed by atoms with Crippen molar-refractivity contribution in [3.63, 3.8) is 0 Å². The van der Waals surface area contributed by atoms with Crippen molar-refractivity contribution in [1.82, 2.24) is 9.78 Å². The molecule has 0 aliphatic rings. The molecule has 2 aromatic rings. The van der Waals surface area contributed by atoms with Gasteiger partial charge in [-0.25, -0.2) is 0 Å². The molecule has 2 rings (SSSR count). The summed E-state index contributed by atoms with van der Waals surface area (Å²) in [6.07, 6.45) is 1.42. The van der Waals surface area contributed by atoms with E-state index >= 15 is 0 Å². The van der Waals surface area contributed by atoms with Crippen LogP contribution in [-0.2, 0) is 11.9 Å². The first-order valence-corrected chi connectivity index (χ1v) is 5.15. The maximum Gasteiger partial charge on any atom is 0.275 e. The number of rotatable bonds is 3. The van der Waals surface area contributed by atoms with E-state index in [2.05, 4.69) is 15.1 Å². The van der Waals surface area contributed by atoms with Crippen molar-refractivity contribution in [1.29, 1.82) is 0 Å². The van der Waals surface area contributed by atoms with Crippen molar-refractivity contribution in [2.75, 3.05) is 7.11 Å². The molecule has 0 amide bonds. The average molecular weight is 231 g/mol. The summed E-state index contributed by atoms with van der Waals surface area (Å²) in [4.78, 5) is 16.5. The second-order valence-electron chi connectivity index (χ2n) is 3.55. The van der Waals surface area contributed by atoms with Gasteiger partial charge in [-0.15, -0.1) is 0 Å². The summed E-state index contributed by atoms with van der Waals surface area (Å²) in [7, 11) is 3.11. The highest BCUT2D eigenvalue weighted by molar-refractivity contribution is 5.88. The third kappa shape index (κ3) is 2.13. The molecule has 1 heterocycles. The summed E-state index contributed by atoms with van der Waals surface area (Å²) in [6.45, 7) is 0. The Kier molecular flexibility index (Phi) is 3.09. The lowest BCUT2D eigenvalue weighted by Crippen LogP contribution is -2.14. The Morgan fingerprint density at radius 1 is 1.35 bits per heavy atom. The van der Waals surface area contributed by atoms with Gasteiger partial charge < -0.3 is 4.84 Å². The fraction of sp³-hybridized carbons (Fsp3) is 0.167. The van der Waals surface area contributed by atoms with Gasteiger partial charge in [-0.05, 0) is 0 Å². The van der Waals surface area contributed by atoms with Crippen LogP contribution in [0.2, 0.25) is 0 Å². The maximum absolute atomic E-state index is 11.9. The van der Waals surface area contributed by atoms with Gasteiger partial charge in [0.15, 0.2) is 0 Å². The van der Waals surface area contributed by atoms with Crippen molar-refractivity contribution < 1.29 is 4.84 Å². The molecule has 17 heavy (non-hydrogen) atoms. The van der Waals surface area contributed by atoms with Crippen LogP contribution in [-0.4, -0.2) is 23.1 Å². The summed E-state index contributed by atoms with van der Waals surface area (Å²) < 4.78 is 1.42. The van der Waals surface area contributed by atoms with Gasteiger partial charge in [0.1, 0.15) is 7.11 Å². The monoisotopic (exact) mass is 231 g/mol. The standard InChI is InChI=1S/C12H13N3O2/c1-15-12(16)10(8-13-17-2)11(14-15)9-6-4-3-5-7-9/h3-8,14H,1-2H3/b13-8-. The number of aromatic nitrogens is 2. The van der Waals surface area contributed by atoms with E-state index < -0.39 is 0 Å². The van der Waals surface area contributed by atoms with Crippen LogP contribution < -0.4 is 5.56 Å². The molecule has 0 aliphatic heterocycles. The maximum atomic E-state index is 11.9. The average Bonchev–Trinajstić information content (AvgIpc) is 2.65. The number of aryl methyl sites for hydroxylation is 1. The van der Waals surface area contributed by atoms with Crippen molar-refractivity contribution in [2.45, 2.75) is 0 Å². The van der Waals surface area contributed by atoms with Gasteiger partial charge in [-0.1, -0.05) is 35.5 Å². The lowest BCUT2D eigenvalue weighted by Gasteiger charge is -1.98. The van der Waals surface area contributed by atoms with Crippen LogP contribution in [0.5, 0.6) is 0 Å². The minimum absolute atomic E-state index is 0.135. The largest absolute Gasteiger partial charge is 0.399 e. The van der Waals surface area contributed by atoms with E-state index in [9.17, 15) is 4.79 Å². The molecule has 1 aromatic carbocycles. The molecular formula is C12H13N3O2. The Bertz CT molecular complexity index is 582. The number of H-pyrrole nitrogens is 1. The van der Waals surface area contributed by atoms with Gasteiger partial charge in [0, 0.05) is 12.6 Å².